The number of fused-ring (bicyclic) bond motifs is 1. The van der Waals surface area contributed by atoms with E-state index in [0.717, 1.165) is 41.7 Å². The minimum absolute atomic E-state index is 0.275. The zero-order valence-electron chi connectivity index (χ0n) is 10.8. The molecular weight excluding hydrogens is 260 g/mol. The van der Waals surface area contributed by atoms with Crippen molar-refractivity contribution in [2.45, 2.75) is 30.6 Å². The van der Waals surface area contributed by atoms with Crippen molar-refractivity contribution >= 4 is 22.7 Å². The molecule has 1 aromatic carbocycles. The maximum absolute atomic E-state index is 11.5. The van der Waals surface area contributed by atoms with E-state index in [1.165, 1.54) is 0 Å². The van der Waals surface area contributed by atoms with Gasteiger partial charge in [-0.3, -0.25) is 0 Å². The molecule has 3 nitrogen and oxygen atoms in total. The normalized spacial score (nSPS) is 11.0. The standard InChI is InChI=1S/C15H18O3S/c16-9-5-1-2-6-10-19-14-11-15(17)18-13-8-4-3-7-12(13)14/h3-4,7-8,11,16H,1-2,5-6,9-10H2. The minimum atomic E-state index is -0.290. The molecule has 0 fully saturated rings. The van der Waals surface area contributed by atoms with Crippen molar-refractivity contribution in [1.29, 1.82) is 0 Å². The third-order valence-corrected chi connectivity index (χ3v) is 4.06. The van der Waals surface area contributed by atoms with Crippen LogP contribution in [-0.4, -0.2) is 17.5 Å². The van der Waals surface area contributed by atoms with Gasteiger partial charge < -0.3 is 9.52 Å². The van der Waals surface area contributed by atoms with Gasteiger partial charge in [0.1, 0.15) is 5.58 Å². The average molecular weight is 278 g/mol. The molecule has 0 saturated carbocycles. The van der Waals surface area contributed by atoms with E-state index >= 15 is 0 Å². The summed E-state index contributed by atoms with van der Waals surface area (Å²) in [7, 11) is 0. The summed E-state index contributed by atoms with van der Waals surface area (Å²) in [6, 6.07) is 9.19. The molecule has 0 atom stereocenters. The Bertz CT molecular complexity index is 577. The number of aliphatic hydroxyl groups excluding tert-OH is 1. The Morgan fingerprint density at radius 2 is 1.89 bits per heavy atom. The SMILES string of the molecule is O=c1cc(SCCCCCCO)c2ccccc2o1. The van der Waals surface area contributed by atoms with Crippen LogP contribution in [0.3, 0.4) is 0 Å². The van der Waals surface area contributed by atoms with E-state index in [1.807, 2.05) is 24.3 Å². The summed E-state index contributed by atoms with van der Waals surface area (Å²) < 4.78 is 5.17. The maximum Gasteiger partial charge on any atom is 0.337 e. The molecule has 1 aromatic heterocycles. The Labute approximate surface area is 116 Å². The number of thioether (sulfide) groups is 1. The highest BCUT2D eigenvalue weighted by Crippen LogP contribution is 2.27. The highest BCUT2D eigenvalue weighted by Gasteiger charge is 2.05. The van der Waals surface area contributed by atoms with Crippen molar-refractivity contribution in [2.75, 3.05) is 12.4 Å². The predicted octanol–water partition coefficient (Wildman–Crippen LogP) is 3.44. The summed E-state index contributed by atoms with van der Waals surface area (Å²) in [6.07, 6.45) is 4.16. The molecule has 1 N–H and O–H groups in total. The van der Waals surface area contributed by atoms with Gasteiger partial charge in [0.25, 0.3) is 0 Å². The molecule has 0 aliphatic heterocycles. The maximum atomic E-state index is 11.5. The number of para-hydroxylation sites is 1. The Morgan fingerprint density at radius 1 is 1.11 bits per heavy atom. The first kappa shape index (κ1) is 14.2. The van der Waals surface area contributed by atoms with Crippen LogP contribution in [0.1, 0.15) is 25.7 Å². The topological polar surface area (TPSA) is 50.4 Å². The molecule has 0 radical (unpaired) electrons. The van der Waals surface area contributed by atoms with E-state index in [4.69, 9.17) is 9.52 Å². The fourth-order valence-corrected chi connectivity index (χ4v) is 3.02. The fraction of sp³-hybridized carbons (Fsp3) is 0.400. The summed E-state index contributed by atoms with van der Waals surface area (Å²) in [4.78, 5) is 12.5. The second-order valence-electron chi connectivity index (χ2n) is 4.41. The lowest BCUT2D eigenvalue weighted by Gasteiger charge is -2.04. The summed E-state index contributed by atoms with van der Waals surface area (Å²) >= 11 is 1.70. The van der Waals surface area contributed by atoms with E-state index in [0.29, 0.717) is 5.58 Å². The van der Waals surface area contributed by atoms with E-state index < -0.39 is 0 Å². The van der Waals surface area contributed by atoms with Gasteiger partial charge in [0.2, 0.25) is 0 Å². The third-order valence-electron chi connectivity index (χ3n) is 2.92. The summed E-state index contributed by atoms with van der Waals surface area (Å²) in [5.74, 6) is 0.985. The van der Waals surface area contributed by atoms with Gasteiger partial charge in [-0.1, -0.05) is 31.0 Å². The molecule has 4 heteroatoms. The van der Waals surface area contributed by atoms with Gasteiger partial charge in [0.15, 0.2) is 0 Å². The summed E-state index contributed by atoms with van der Waals surface area (Å²) in [5.41, 5.74) is 0.360. The molecule has 0 aliphatic rings. The fourth-order valence-electron chi connectivity index (χ4n) is 1.95. The first-order valence-corrected chi connectivity index (χ1v) is 7.56. The van der Waals surface area contributed by atoms with Crippen molar-refractivity contribution in [3.8, 4) is 0 Å². The van der Waals surface area contributed by atoms with Crippen LogP contribution in [0.4, 0.5) is 0 Å². The van der Waals surface area contributed by atoms with Crippen molar-refractivity contribution < 1.29 is 9.52 Å². The van der Waals surface area contributed by atoms with Gasteiger partial charge in [-0.05, 0) is 24.7 Å². The van der Waals surface area contributed by atoms with Crippen LogP contribution in [0, 0.1) is 0 Å². The second-order valence-corrected chi connectivity index (χ2v) is 5.55. The molecular formula is C15H18O3S. The molecule has 102 valence electrons. The highest BCUT2D eigenvalue weighted by molar-refractivity contribution is 7.99. The molecule has 2 aromatic rings. The van der Waals surface area contributed by atoms with Crippen LogP contribution >= 0.6 is 11.8 Å². The number of hydrogen-bond donors (Lipinski definition) is 1. The number of aliphatic hydroxyl groups is 1. The van der Waals surface area contributed by atoms with Crippen LogP contribution in [-0.2, 0) is 0 Å². The van der Waals surface area contributed by atoms with Crippen LogP contribution in [0.25, 0.3) is 11.0 Å². The zero-order valence-corrected chi connectivity index (χ0v) is 11.6. The number of rotatable bonds is 7. The van der Waals surface area contributed by atoms with Crippen molar-refractivity contribution in [1.82, 2.24) is 0 Å². The predicted molar refractivity (Wildman–Crippen MR) is 78.8 cm³/mol. The summed E-state index contributed by atoms with van der Waals surface area (Å²) in [5, 5.41) is 9.70. The molecule has 0 unspecified atom stereocenters. The molecule has 0 saturated heterocycles. The Balaban J connectivity index is 1.98. The third kappa shape index (κ3) is 4.11. The van der Waals surface area contributed by atoms with Gasteiger partial charge in [0.05, 0.1) is 0 Å². The molecule has 0 spiro atoms. The highest BCUT2D eigenvalue weighted by atomic mass is 32.2. The van der Waals surface area contributed by atoms with Crippen LogP contribution in [0.5, 0.6) is 0 Å². The van der Waals surface area contributed by atoms with E-state index in [-0.39, 0.29) is 12.2 Å². The molecule has 0 amide bonds. The monoisotopic (exact) mass is 278 g/mol. The Kier molecular flexibility index (Phi) is 5.48. The Hall–Kier alpha value is -1.26. The second kappa shape index (κ2) is 7.36. The van der Waals surface area contributed by atoms with E-state index in [2.05, 4.69) is 0 Å². The quantitative estimate of drug-likeness (QED) is 0.479. The van der Waals surface area contributed by atoms with Gasteiger partial charge in [-0.25, -0.2) is 4.79 Å². The first-order valence-electron chi connectivity index (χ1n) is 6.58. The van der Waals surface area contributed by atoms with Gasteiger partial charge in [-0.15, -0.1) is 11.8 Å². The van der Waals surface area contributed by atoms with Crippen molar-refractivity contribution in [2.24, 2.45) is 0 Å². The average Bonchev–Trinajstić information content (AvgIpc) is 2.42. The summed E-state index contributed by atoms with van der Waals surface area (Å²) in [6.45, 7) is 0.275. The molecule has 2 rings (SSSR count). The van der Waals surface area contributed by atoms with E-state index in [1.54, 1.807) is 17.8 Å². The smallest absolute Gasteiger partial charge is 0.337 e. The van der Waals surface area contributed by atoms with Crippen LogP contribution < -0.4 is 5.63 Å². The van der Waals surface area contributed by atoms with E-state index in [9.17, 15) is 4.79 Å². The number of hydrogen-bond acceptors (Lipinski definition) is 4. The number of benzene rings is 1. The molecule has 0 bridgehead atoms. The Morgan fingerprint density at radius 3 is 2.74 bits per heavy atom. The van der Waals surface area contributed by atoms with Crippen molar-refractivity contribution in [3.05, 3.63) is 40.8 Å². The zero-order chi connectivity index (χ0) is 13.5. The van der Waals surface area contributed by atoms with Gasteiger partial charge in [0, 0.05) is 23.0 Å². The molecule has 0 aliphatic carbocycles. The first-order chi connectivity index (χ1) is 9.31. The molecule has 1 heterocycles. The largest absolute Gasteiger partial charge is 0.423 e. The van der Waals surface area contributed by atoms with Gasteiger partial charge >= 0.3 is 5.63 Å². The lowest BCUT2D eigenvalue weighted by atomic mass is 10.2. The van der Waals surface area contributed by atoms with Gasteiger partial charge in [-0.2, -0.15) is 0 Å². The lowest BCUT2D eigenvalue weighted by molar-refractivity contribution is 0.283. The van der Waals surface area contributed by atoms with Crippen LogP contribution in [0.2, 0.25) is 0 Å². The minimum Gasteiger partial charge on any atom is -0.423 e. The molecule has 19 heavy (non-hydrogen) atoms. The van der Waals surface area contributed by atoms with Crippen LogP contribution in [0.15, 0.2) is 44.4 Å². The number of unbranched alkanes of at least 4 members (excludes halogenated alkanes) is 3. The van der Waals surface area contributed by atoms with Crippen molar-refractivity contribution in [3.63, 3.8) is 0 Å². The lowest BCUT2D eigenvalue weighted by Crippen LogP contribution is -1.97.